The Morgan fingerprint density at radius 1 is 1.50 bits per heavy atom. The molecule has 1 aliphatic rings. The van der Waals surface area contributed by atoms with E-state index in [4.69, 9.17) is 21.1 Å². The zero-order valence-corrected chi connectivity index (χ0v) is 12.2. The predicted octanol–water partition coefficient (Wildman–Crippen LogP) is 1.54. The zero-order valence-electron chi connectivity index (χ0n) is 11.4. The molecule has 2 rings (SSSR count). The van der Waals surface area contributed by atoms with Crippen LogP contribution in [0.2, 0.25) is 5.02 Å². The van der Waals surface area contributed by atoms with Crippen molar-refractivity contribution in [3.05, 3.63) is 17.4 Å². The van der Waals surface area contributed by atoms with Gasteiger partial charge in [0.15, 0.2) is 0 Å². The van der Waals surface area contributed by atoms with Crippen molar-refractivity contribution in [2.24, 2.45) is 0 Å². The minimum Gasteiger partial charge on any atom is -0.458 e. The van der Waals surface area contributed by atoms with Crippen LogP contribution in [0, 0.1) is 0 Å². The molecule has 6 nitrogen and oxygen atoms in total. The van der Waals surface area contributed by atoms with Gasteiger partial charge in [0.25, 0.3) is 0 Å². The van der Waals surface area contributed by atoms with Crippen molar-refractivity contribution in [1.82, 2.24) is 14.9 Å². The first-order valence-corrected chi connectivity index (χ1v) is 7.06. The van der Waals surface area contributed by atoms with Crippen molar-refractivity contribution in [3.63, 3.8) is 0 Å². The minimum absolute atomic E-state index is 0.00262. The molecule has 20 heavy (non-hydrogen) atoms. The Morgan fingerprint density at radius 2 is 2.25 bits per heavy atom. The van der Waals surface area contributed by atoms with Gasteiger partial charge in [-0.3, -0.25) is 4.79 Å². The van der Waals surface area contributed by atoms with E-state index in [9.17, 15) is 4.79 Å². The highest BCUT2D eigenvalue weighted by Crippen LogP contribution is 2.16. The summed E-state index contributed by atoms with van der Waals surface area (Å²) in [6.07, 6.45) is 4.67. The summed E-state index contributed by atoms with van der Waals surface area (Å²) >= 11 is 5.72. The van der Waals surface area contributed by atoms with Crippen molar-refractivity contribution in [2.75, 3.05) is 26.3 Å². The molecule has 0 aliphatic carbocycles. The van der Waals surface area contributed by atoms with Gasteiger partial charge in [0.05, 0.1) is 24.0 Å². The van der Waals surface area contributed by atoms with Gasteiger partial charge in [-0.15, -0.1) is 0 Å². The second kappa shape index (κ2) is 7.40. The Labute approximate surface area is 123 Å². The number of hydrogen-bond acceptors (Lipinski definition) is 5. The maximum absolute atomic E-state index is 11.9. The molecular weight excluding hydrogens is 282 g/mol. The monoisotopic (exact) mass is 299 g/mol. The number of carbonyl (C=O) groups excluding carboxylic acids is 1. The molecule has 0 unspecified atom stereocenters. The lowest BCUT2D eigenvalue weighted by atomic mass is 10.1. The Kier molecular flexibility index (Phi) is 5.55. The second-order valence-electron chi connectivity index (χ2n) is 4.54. The third-order valence-electron chi connectivity index (χ3n) is 3.03. The van der Waals surface area contributed by atoms with Crippen LogP contribution in [0.25, 0.3) is 0 Å². The number of rotatable bonds is 5. The highest BCUT2D eigenvalue weighted by molar-refractivity contribution is 6.30. The first-order valence-electron chi connectivity index (χ1n) is 6.68. The zero-order chi connectivity index (χ0) is 14.4. The van der Waals surface area contributed by atoms with Gasteiger partial charge in [-0.05, 0) is 19.8 Å². The Bertz CT molecular complexity index is 441. The van der Waals surface area contributed by atoms with Gasteiger partial charge in [0, 0.05) is 13.2 Å². The van der Waals surface area contributed by atoms with E-state index in [1.807, 2.05) is 6.92 Å². The van der Waals surface area contributed by atoms with Crippen LogP contribution in [0.4, 0.5) is 0 Å². The number of aromatic nitrogens is 2. The van der Waals surface area contributed by atoms with Gasteiger partial charge in [-0.25, -0.2) is 9.97 Å². The number of carbonyl (C=O) groups is 1. The van der Waals surface area contributed by atoms with Crippen LogP contribution < -0.4 is 4.74 Å². The van der Waals surface area contributed by atoms with Crippen LogP contribution in [0.1, 0.15) is 19.8 Å². The quantitative estimate of drug-likeness (QED) is 0.825. The largest absolute Gasteiger partial charge is 0.458 e. The van der Waals surface area contributed by atoms with Crippen molar-refractivity contribution in [1.29, 1.82) is 0 Å². The molecule has 7 heteroatoms. The summed E-state index contributed by atoms with van der Waals surface area (Å²) in [7, 11) is 0. The first kappa shape index (κ1) is 15.0. The van der Waals surface area contributed by atoms with Crippen molar-refractivity contribution >= 4 is 17.5 Å². The van der Waals surface area contributed by atoms with Gasteiger partial charge in [-0.1, -0.05) is 11.6 Å². The summed E-state index contributed by atoms with van der Waals surface area (Å²) in [6, 6.07) is 0.290. The van der Waals surface area contributed by atoms with Gasteiger partial charge >= 0.3 is 6.01 Å². The minimum atomic E-state index is -0.0875. The number of piperidine rings is 1. The van der Waals surface area contributed by atoms with E-state index in [1.54, 1.807) is 4.90 Å². The molecule has 110 valence electrons. The molecule has 1 saturated heterocycles. The van der Waals surface area contributed by atoms with E-state index in [1.165, 1.54) is 12.4 Å². The molecule has 0 N–H and O–H groups in total. The van der Waals surface area contributed by atoms with Gasteiger partial charge in [-0.2, -0.15) is 0 Å². The molecule has 1 aromatic heterocycles. The lowest BCUT2D eigenvalue weighted by Crippen LogP contribution is -2.45. The smallest absolute Gasteiger partial charge is 0.316 e. The Morgan fingerprint density at radius 3 is 2.95 bits per heavy atom. The maximum atomic E-state index is 11.9. The molecule has 1 aromatic rings. The van der Waals surface area contributed by atoms with Gasteiger partial charge < -0.3 is 14.4 Å². The van der Waals surface area contributed by atoms with E-state index in [0.717, 1.165) is 19.4 Å². The van der Waals surface area contributed by atoms with E-state index in [0.29, 0.717) is 24.2 Å². The fourth-order valence-electron chi connectivity index (χ4n) is 2.05. The molecular formula is C13H18ClN3O3. The predicted molar refractivity (Wildman–Crippen MR) is 73.8 cm³/mol. The molecule has 2 heterocycles. The Hall–Kier alpha value is -1.40. The van der Waals surface area contributed by atoms with E-state index in [-0.39, 0.29) is 18.6 Å². The normalized spacial score (nSPS) is 18.9. The second-order valence-corrected chi connectivity index (χ2v) is 4.98. The molecule has 1 amide bonds. The summed E-state index contributed by atoms with van der Waals surface area (Å²) < 4.78 is 10.8. The van der Waals surface area contributed by atoms with Crippen LogP contribution in [0.3, 0.4) is 0 Å². The standard InChI is InChI=1S/C13H18ClN3O3/c1-2-19-9-12(18)17-5-3-4-11(8-17)20-13-15-6-10(14)7-16-13/h6-7,11H,2-5,8-9H2,1H3/t11-/m1/s1. The van der Waals surface area contributed by atoms with Crippen molar-refractivity contribution in [3.8, 4) is 6.01 Å². The van der Waals surface area contributed by atoms with Crippen LogP contribution in [0.15, 0.2) is 12.4 Å². The number of ether oxygens (including phenoxy) is 2. The SMILES string of the molecule is CCOCC(=O)N1CCC[C@@H](Oc2ncc(Cl)cn2)C1. The summed E-state index contributed by atoms with van der Waals surface area (Å²) in [5, 5.41) is 0.467. The van der Waals surface area contributed by atoms with Crippen LogP contribution in [-0.4, -0.2) is 53.2 Å². The fourth-order valence-corrected chi connectivity index (χ4v) is 2.15. The third kappa shape index (κ3) is 4.31. The number of likely N-dealkylation sites (tertiary alicyclic amines) is 1. The molecule has 0 radical (unpaired) electrons. The molecule has 0 bridgehead atoms. The number of hydrogen-bond donors (Lipinski definition) is 0. The third-order valence-corrected chi connectivity index (χ3v) is 3.22. The van der Waals surface area contributed by atoms with Crippen molar-refractivity contribution < 1.29 is 14.3 Å². The van der Waals surface area contributed by atoms with E-state index in [2.05, 4.69) is 9.97 Å². The highest BCUT2D eigenvalue weighted by atomic mass is 35.5. The average molecular weight is 300 g/mol. The van der Waals surface area contributed by atoms with Crippen molar-refractivity contribution in [2.45, 2.75) is 25.9 Å². The lowest BCUT2D eigenvalue weighted by molar-refractivity contribution is -0.138. The van der Waals surface area contributed by atoms with Crippen LogP contribution in [0.5, 0.6) is 6.01 Å². The summed E-state index contributed by atoms with van der Waals surface area (Å²) in [6.45, 7) is 3.82. The number of halogens is 1. The lowest BCUT2D eigenvalue weighted by Gasteiger charge is -2.32. The summed E-state index contributed by atoms with van der Waals surface area (Å²) in [5.41, 5.74) is 0. The van der Waals surface area contributed by atoms with Crippen LogP contribution in [-0.2, 0) is 9.53 Å². The summed E-state index contributed by atoms with van der Waals surface area (Å²) in [5.74, 6) is -0.00262. The fraction of sp³-hybridized carbons (Fsp3) is 0.615. The number of nitrogens with zero attached hydrogens (tertiary/aromatic N) is 3. The molecule has 0 spiro atoms. The van der Waals surface area contributed by atoms with Gasteiger partial charge in [0.2, 0.25) is 5.91 Å². The molecule has 1 aliphatic heterocycles. The van der Waals surface area contributed by atoms with Crippen LogP contribution >= 0.6 is 11.6 Å². The molecule has 0 saturated carbocycles. The molecule has 1 fully saturated rings. The van der Waals surface area contributed by atoms with E-state index >= 15 is 0 Å². The van der Waals surface area contributed by atoms with Gasteiger partial charge in [0.1, 0.15) is 12.7 Å². The summed E-state index contributed by atoms with van der Waals surface area (Å²) in [4.78, 5) is 21.7. The molecule has 0 aromatic carbocycles. The van der Waals surface area contributed by atoms with E-state index < -0.39 is 0 Å². The Balaban J connectivity index is 1.86. The maximum Gasteiger partial charge on any atom is 0.316 e. The average Bonchev–Trinajstić information content (AvgIpc) is 2.47. The highest BCUT2D eigenvalue weighted by Gasteiger charge is 2.25. The number of amides is 1. The molecule has 1 atom stereocenters. The topological polar surface area (TPSA) is 64.5 Å². The first-order chi connectivity index (χ1) is 9.69.